The predicted molar refractivity (Wildman–Crippen MR) is 86.6 cm³/mol. The maximum absolute atomic E-state index is 12.5. The molecule has 1 amide bonds. The number of hydrogen-bond acceptors (Lipinski definition) is 4. The normalized spacial score (nSPS) is 19.5. The Morgan fingerprint density at radius 2 is 2.09 bits per heavy atom. The van der Waals surface area contributed by atoms with Gasteiger partial charge >= 0.3 is 6.09 Å². The van der Waals surface area contributed by atoms with Gasteiger partial charge in [-0.3, -0.25) is 4.90 Å². The van der Waals surface area contributed by atoms with E-state index >= 15 is 0 Å². The largest absolute Gasteiger partial charge is 0.444 e. The van der Waals surface area contributed by atoms with Gasteiger partial charge in [-0.1, -0.05) is 0 Å². The van der Waals surface area contributed by atoms with Crippen molar-refractivity contribution in [3.8, 4) is 0 Å². The number of aromatic nitrogens is 2. The summed E-state index contributed by atoms with van der Waals surface area (Å²) in [6, 6.07) is 2.03. The van der Waals surface area contributed by atoms with Gasteiger partial charge in [-0.25, -0.2) is 9.48 Å². The molecule has 2 N–H and O–H groups in total. The number of carbonyl (C=O) groups is 1. The highest BCUT2D eigenvalue weighted by atomic mass is 16.6. The summed E-state index contributed by atoms with van der Waals surface area (Å²) in [5, 5.41) is 4.60. The maximum Gasteiger partial charge on any atom is 0.410 e. The van der Waals surface area contributed by atoms with E-state index in [0.29, 0.717) is 12.4 Å². The highest BCUT2D eigenvalue weighted by Gasteiger charge is 2.33. The minimum Gasteiger partial charge on any atom is -0.444 e. The van der Waals surface area contributed by atoms with E-state index in [0.717, 1.165) is 25.0 Å². The standard InChI is InChI=1S/C16H28N4O2/c1-11(2)20-14(17)10-12(18-20)13-8-6-7-9-19(13)15(21)22-16(3,4)5/h10-11,13H,6-9,17H2,1-5H3. The highest BCUT2D eigenvalue weighted by Crippen LogP contribution is 2.32. The van der Waals surface area contributed by atoms with Crippen LogP contribution in [0.25, 0.3) is 0 Å². The Morgan fingerprint density at radius 1 is 1.41 bits per heavy atom. The van der Waals surface area contributed by atoms with Crippen LogP contribution < -0.4 is 5.73 Å². The Hall–Kier alpha value is -1.72. The molecule has 2 heterocycles. The van der Waals surface area contributed by atoms with Crippen LogP contribution in [0.2, 0.25) is 0 Å². The summed E-state index contributed by atoms with van der Waals surface area (Å²) in [5.74, 6) is 0.639. The van der Waals surface area contributed by atoms with Gasteiger partial charge in [0.1, 0.15) is 11.4 Å². The van der Waals surface area contributed by atoms with E-state index in [1.807, 2.05) is 40.7 Å². The van der Waals surface area contributed by atoms with E-state index in [-0.39, 0.29) is 18.2 Å². The molecule has 2 rings (SSSR count). The third-order valence-corrected chi connectivity index (χ3v) is 3.74. The molecule has 0 radical (unpaired) electrons. The molecule has 1 saturated heterocycles. The van der Waals surface area contributed by atoms with Gasteiger partial charge in [0.2, 0.25) is 0 Å². The molecule has 0 saturated carbocycles. The first-order valence-electron chi connectivity index (χ1n) is 8.03. The number of rotatable bonds is 2. The van der Waals surface area contributed by atoms with E-state index in [4.69, 9.17) is 10.5 Å². The van der Waals surface area contributed by atoms with Gasteiger partial charge in [0.05, 0.1) is 11.7 Å². The summed E-state index contributed by atoms with van der Waals surface area (Å²) in [7, 11) is 0. The second-order valence-corrected chi connectivity index (χ2v) is 7.22. The SMILES string of the molecule is CC(C)n1nc(C2CCCCN2C(=O)OC(C)(C)C)cc1N. The van der Waals surface area contributed by atoms with E-state index in [1.54, 1.807) is 9.58 Å². The van der Waals surface area contributed by atoms with Crippen molar-refractivity contribution in [2.75, 3.05) is 12.3 Å². The summed E-state index contributed by atoms with van der Waals surface area (Å²) in [6.45, 7) is 10.4. The maximum atomic E-state index is 12.5. The van der Waals surface area contributed by atoms with Crippen molar-refractivity contribution in [1.82, 2.24) is 14.7 Å². The van der Waals surface area contributed by atoms with Crippen molar-refractivity contribution in [3.05, 3.63) is 11.8 Å². The van der Waals surface area contributed by atoms with Crippen molar-refractivity contribution in [1.29, 1.82) is 0 Å². The topological polar surface area (TPSA) is 73.4 Å². The van der Waals surface area contributed by atoms with Gasteiger partial charge in [0, 0.05) is 18.7 Å². The van der Waals surface area contributed by atoms with Crippen LogP contribution >= 0.6 is 0 Å². The summed E-state index contributed by atoms with van der Waals surface area (Å²) in [4.78, 5) is 14.3. The zero-order valence-electron chi connectivity index (χ0n) is 14.3. The molecule has 22 heavy (non-hydrogen) atoms. The van der Waals surface area contributed by atoms with Gasteiger partial charge in [0.25, 0.3) is 0 Å². The second kappa shape index (κ2) is 6.18. The number of amides is 1. The van der Waals surface area contributed by atoms with Crippen LogP contribution in [0.1, 0.15) is 71.7 Å². The zero-order chi connectivity index (χ0) is 16.5. The zero-order valence-corrected chi connectivity index (χ0v) is 14.3. The van der Waals surface area contributed by atoms with Gasteiger partial charge in [-0.15, -0.1) is 0 Å². The number of ether oxygens (including phenoxy) is 1. The average molecular weight is 308 g/mol. The van der Waals surface area contributed by atoms with Crippen LogP contribution in [0.5, 0.6) is 0 Å². The molecule has 1 aromatic rings. The Bertz CT molecular complexity index is 531. The molecule has 6 nitrogen and oxygen atoms in total. The molecular formula is C16H28N4O2. The van der Waals surface area contributed by atoms with Gasteiger partial charge in [-0.2, -0.15) is 5.10 Å². The fourth-order valence-electron chi connectivity index (χ4n) is 2.78. The first-order chi connectivity index (χ1) is 10.2. The van der Waals surface area contributed by atoms with E-state index in [9.17, 15) is 4.79 Å². The monoisotopic (exact) mass is 308 g/mol. The highest BCUT2D eigenvalue weighted by molar-refractivity contribution is 5.69. The molecule has 1 aliphatic heterocycles. The van der Waals surface area contributed by atoms with E-state index in [1.165, 1.54) is 0 Å². The van der Waals surface area contributed by atoms with E-state index < -0.39 is 5.60 Å². The van der Waals surface area contributed by atoms with Crippen LogP contribution in [0.4, 0.5) is 10.6 Å². The minimum absolute atomic E-state index is 0.0501. The minimum atomic E-state index is -0.491. The molecular weight excluding hydrogens is 280 g/mol. The van der Waals surface area contributed by atoms with Gasteiger partial charge < -0.3 is 10.5 Å². The van der Waals surface area contributed by atoms with Crippen LogP contribution in [0.15, 0.2) is 6.07 Å². The summed E-state index contributed by atoms with van der Waals surface area (Å²) in [6.07, 6.45) is 2.71. The number of carbonyl (C=O) groups excluding carboxylic acids is 1. The predicted octanol–water partition coefficient (Wildman–Crippen LogP) is 3.51. The number of nitrogens with two attached hydrogens (primary N) is 1. The fraction of sp³-hybridized carbons (Fsp3) is 0.750. The number of nitrogen functional groups attached to an aromatic ring is 1. The molecule has 1 fully saturated rings. The Labute approximate surface area is 132 Å². The van der Waals surface area contributed by atoms with Crippen LogP contribution in [-0.4, -0.2) is 32.9 Å². The van der Waals surface area contributed by atoms with Crippen LogP contribution in [0.3, 0.4) is 0 Å². The lowest BCUT2D eigenvalue weighted by atomic mass is 10.00. The molecule has 0 spiro atoms. The number of hydrogen-bond donors (Lipinski definition) is 1. The van der Waals surface area contributed by atoms with Gasteiger partial charge in [0.15, 0.2) is 0 Å². The second-order valence-electron chi connectivity index (χ2n) is 7.22. The van der Waals surface area contributed by atoms with E-state index in [2.05, 4.69) is 5.10 Å². The smallest absolute Gasteiger partial charge is 0.410 e. The summed E-state index contributed by atoms with van der Waals surface area (Å²) >= 11 is 0. The van der Waals surface area contributed by atoms with Crippen LogP contribution in [-0.2, 0) is 4.74 Å². The van der Waals surface area contributed by atoms with Crippen molar-refractivity contribution in [2.24, 2.45) is 0 Å². The number of anilines is 1. The molecule has 1 unspecified atom stereocenters. The van der Waals surface area contributed by atoms with Crippen molar-refractivity contribution in [3.63, 3.8) is 0 Å². The Balaban J connectivity index is 2.23. The molecule has 1 aliphatic rings. The quantitative estimate of drug-likeness (QED) is 0.907. The Kier molecular flexibility index (Phi) is 4.68. The van der Waals surface area contributed by atoms with Crippen molar-refractivity contribution in [2.45, 2.75) is 71.6 Å². The van der Waals surface area contributed by atoms with Crippen LogP contribution in [0, 0.1) is 0 Å². The molecule has 0 aromatic carbocycles. The van der Waals surface area contributed by atoms with Crippen molar-refractivity contribution < 1.29 is 9.53 Å². The fourth-order valence-corrected chi connectivity index (χ4v) is 2.78. The lowest BCUT2D eigenvalue weighted by Gasteiger charge is -2.35. The first-order valence-corrected chi connectivity index (χ1v) is 8.03. The van der Waals surface area contributed by atoms with Crippen molar-refractivity contribution >= 4 is 11.9 Å². The molecule has 1 atom stereocenters. The molecule has 6 heteroatoms. The lowest BCUT2D eigenvalue weighted by Crippen LogP contribution is -2.42. The molecule has 124 valence electrons. The molecule has 1 aromatic heterocycles. The number of piperidine rings is 1. The molecule has 0 aliphatic carbocycles. The summed E-state index contributed by atoms with van der Waals surface area (Å²) in [5.41, 5.74) is 6.41. The third kappa shape index (κ3) is 3.72. The first kappa shape index (κ1) is 16.6. The Morgan fingerprint density at radius 3 is 2.64 bits per heavy atom. The number of likely N-dealkylation sites (tertiary alicyclic amines) is 1. The molecule has 0 bridgehead atoms. The lowest BCUT2D eigenvalue weighted by molar-refractivity contribution is 0.00892. The number of nitrogens with zero attached hydrogens (tertiary/aromatic N) is 3. The summed E-state index contributed by atoms with van der Waals surface area (Å²) < 4.78 is 7.34. The van der Waals surface area contributed by atoms with Gasteiger partial charge in [-0.05, 0) is 53.9 Å². The third-order valence-electron chi connectivity index (χ3n) is 3.74. The average Bonchev–Trinajstić information content (AvgIpc) is 2.79.